The molecule has 1 saturated heterocycles. The van der Waals surface area contributed by atoms with E-state index in [1.807, 2.05) is 6.92 Å². The summed E-state index contributed by atoms with van der Waals surface area (Å²) in [6, 6.07) is 0.108. The minimum absolute atomic E-state index is 0.108. The molecule has 0 aromatic rings. The van der Waals surface area contributed by atoms with Crippen LogP contribution in [0.3, 0.4) is 0 Å². The molecule has 0 spiro atoms. The average Bonchev–Trinajstić information content (AvgIpc) is 2.16. The number of aliphatic hydroxyl groups is 2. The predicted octanol–water partition coefficient (Wildman–Crippen LogP) is -1.11. The Kier molecular flexibility index (Phi) is 4.50. The zero-order valence-corrected chi connectivity index (χ0v) is 9.39. The van der Waals surface area contributed by atoms with Crippen LogP contribution in [0.15, 0.2) is 0 Å². The molecular weight excluding hydrogens is 196 g/mol. The lowest BCUT2D eigenvalue weighted by molar-refractivity contribution is -0.138. The van der Waals surface area contributed by atoms with Gasteiger partial charge in [0, 0.05) is 32.2 Å². The Bertz CT molecular complexity index is 221. The van der Waals surface area contributed by atoms with Crippen LogP contribution < -0.4 is 0 Å². The lowest BCUT2D eigenvalue weighted by Crippen LogP contribution is -2.55. The van der Waals surface area contributed by atoms with Crippen molar-refractivity contribution in [2.24, 2.45) is 0 Å². The van der Waals surface area contributed by atoms with Crippen molar-refractivity contribution in [1.82, 2.24) is 9.80 Å². The Labute approximate surface area is 90.3 Å². The molecular formula is C10H20N2O3. The first-order valence-electron chi connectivity index (χ1n) is 5.35. The lowest BCUT2D eigenvalue weighted by Gasteiger charge is -2.40. The number of β-amino-alcohol motifs (C(OH)–C–C–N with tert-alkyl or cyclic N) is 1. The van der Waals surface area contributed by atoms with Crippen LogP contribution in [0.4, 0.5) is 0 Å². The third-order valence-electron chi connectivity index (χ3n) is 2.69. The van der Waals surface area contributed by atoms with Crippen molar-refractivity contribution >= 4 is 5.91 Å². The molecule has 1 aliphatic heterocycles. The predicted molar refractivity (Wildman–Crippen MR) is 56.4 cm³/mol. The Morgan fingerprint density at radius 3 is 2.67 bits per heavy atom. The maximum Gasteiger partial charge on any atom is 0.248 e. The molecule has 2 N–H and O–H groups in total. The normalized spacial score (nSPS) is 25.3. The van der Waals surface area contributed by atoms with E-state index < -0.39 is 6.61 Å². The zero-order chi connectivity index (χ0) is 11.4. The van der Waals surface area contributed by atoms with Gasteiger partial charge in [-0.3, -0.25) is 9.69 Å². The van der Waals surface area contributed by atoms with Gasteiger partial charge in [0.05, 0.1) is 6.10 Å². The second-order valence-electron chi connectivity index (χ2n) is 4.20. The Morgan fingerprint density at radius 1 is 1.53 bits per heavy atom. The summed E-state index contributed by atoms with van der Waals surface area (Å²) in [5.41, 5.74) is 0. The molecule has 1 fully saturated rings. The quantitative estimate of drug-likeness (QED) is 0.628. The third kappa shape index (κ3) is 3.44. The van der Waals surface area contributed by atoms with Gasteiger partial charge in [0.1, 0.15) is 6.61 Å². The summed E-state index contributed by atoms with van der Waals surface area (Å²) >= 11 is 0. The molecule has 0 aromatic heterocycles. The first-order valence-corrected chi connectivity index (χ1v) is 5.35. The van der Waals surface area contributed by atoms with Crippen LogP contribution in [0.5, 0.6) is 0 Å². The summed E-state index contributed by atoms with van der Waals surface area (Å²) in [5, 5.41) is 18.0. The molecule has 0 aliphatic carbocycles. The number of carbonyl (C=O) groups excluding carboxylic acids is 1. The summed E-state index contributed by atoms with van der Waals surface area (Å²) in [4.78, 5) is 15.1. The van der Waals surface area contributed by atoms with Gasteiger partial charge < -0.3 is 15.1 Å². The maximum absolute atomic E-state index is 11.3. The molecule has 0 saturated carbocycles. The highest BCUT2D eigenvalue weighted by atomic mass is 16.3. The molecule has 1 amide bonds. The van der Waals surface area contributed by atoms with Crippen molar-refractivity contribution < 1.29 is 15.0 Å². The van der Waals surface area contributed by atoms with E-state index in [2.05, 4.69) is 4.90 Å². The summed E-state index contributed by atoms with van der Waals surface area (Å²) in [6.07, 6.45) is -0.336. The number of rotatable bonds is 3. The van der Waals surface area contributed by atoms with E-state index in [0.717, 1.165) is 13.1 Å². The first kappa shape index (κ1) is 12.4. The number of carbonyl (C=O) groups is 1. The average molecular weight is 216 g/mol. The lowest BCUT2D eigenvalue weighted by atomic mass is 10.2. The number of aliphatic hydroxyl groups excluding tert-OH is 2. The smallest absolute Gasteiger partial charge is 0.248 e. The molecule has 5 nitrogen and oxygen atoms in total. The van der Waals surface area contributed by atoms with Crippen molar-refractivity contribution in [3.63, 3.8) is 0 Å². The highest BCUT2D eigenvalue weighted by molar-refractivity contribution is 5.77. The van der Waals surface area contributed by atoms with Crippen LogP contribution in [-0.2, 0) is 4.79 Å². The van der Waals surface area contributed by atoms with Crippen molar-refractivity contribution in [1.29, 1.82) is 0 Å². The van der Waals surface area contributed by atoms with Gasteiger partial charge in [-0.25, -0.2) is 0 Å². The van der Waals surface area contributed by atoms with Gasteiger partial charge >= 0.3 is 0 Å². The van der Waals surface area contributed by atoms with Gasteiger partial charge in [-0.15, -0.1) is 0 Å². The molecule has 15 heavy (non-hydrogen) atoms. The van der Waals surface area contributed by atoms with Crippen LogP contribution in [-0.4, -0.2) is 70.9 Å². The second kappa shape index (κ2) is 5.44. The first-order chi connectivity index (χ1) is 7.04. The molecule has 0 radical (unpaired) electrons. The van der Waals surface area contributed by atoms with E-state index in [0.29, 0.717) is 13.1 Å². The molecule has 2 unspecified atom stereocenters. The molecule has 88 valence electrons. The van der Waals surface area contributed by atoms with Crippen LogP contribution >= 0.6 is 0 Å². The van der Waals surface area contributed by atoms with Gasteiger partial charge in [-0.1, -0.05) is 0 Å². The van der Waals surface area contributed by atoms with Crippen molar-refractivity contribution in [3.8, 4) is 0 Å². The summed E-state index contributed by atoms with van der Waals surface area (Å²) in [7, 11) is 0. The molecule has 1 heterocycles. The second-order valence-corrected chi connectivity index (χ2v) is 4.20. The molecule has 0 aromatic carbocycles. The van der Waals surface area contributed by atoms with Gasteiger partial charge in [0.25, 0.3) is 0 Å². The van der Waals surface area contributed by atoms with Gasteiger partial charge in [-0.2, -0.15) is 0 Å². The van der Waals surface area contributed by atoms with Crippen molar-refractivity contribution in [2.45, 2.75) is 26.0 Å². The molecule has 2 atom stereocenters. The number of nitrogens with zero attached hydrogens (tertiary/aromatic N) is 2. The van der Waals surface area contributed by atoms with Gasteiger partial charge in [0.2, 0.25) is 5.91 Å². The van der Waals surface area contributed by atoms with Crippen LogP contribution in [0.2, 0.25) is 0 Å². The minimum atomic E-state index is -0.416. The van der Waals surface area contributed by atoms with Crippen LogP contribution in [0.1, 0.15) is 13.8 Å². The van der Waals surface area contributed by atoms with E-state index in [4.69, 9.17) is 5.11 Å². The highest BCUT2D eigenvalue weighted by Crippen LogP contribution is 2.09. The fraction of sp³-hybridized carbons (Fsp3) is 0.900. The summed E-state index contributed by atoms with van der Waals surface area (Å²) in [5.74, 6) is -0.209. The summed E-state index contributed by atoms with van der Waals surface area (Å²) < 4.78 is 0. The highest BCUT2D eigenvalue weighted by Gasteiger charge is 2.26. The van der Waals surface area contributed by atoms with Gasteiger partial charge in [-0.05, 0) is 13.8 Å². The number of hydrogen-bond acceptors (Lipinski definition) is 4. The maximum atomic E-state index is 11.3. The Morgan fingerprint density at radius 2 is 2.20 bits per heavy atom. The SMILES string of the molecule is CC(O)CN1CCN(C(=O)CO)C(C)C1. The van der Waals surface area contributed by atoms with Crippen LogP contribution in [0, 0.1) is 0 Å². The van der Waals surface area contributed by atoms with E-state index in [-0.39, 0.29) is 18.1 Å². The third-order valence-corrected chi connectivity index (χ3v) is 2.69. The van der Waals surface area contributed by atoms with E-state index >= 15 is 0 Å². The molecule has 1 aliphatic rings. The molecule has 5 heteroatoms. The Balaban J connectivity index is 2.44. The largest absolute Gasteiger partial charge is 0.392 e. The summed E-state index contributed by atoms with van der Waals surface area (Å²) in [6.45, 7) is 6.11. The van der Waals surface area contributed by atoms with Crippen LogP contribution in [0.25, 0.3) is 0 Å². The van der Waals surface area contributed by atoms with Crippen molar-refractivity contribution in [3.05, 3.63) is 0 Å². The van der Waals surface area contributed by atoms with E-state index in [1.54, 1.807) is 11.8 Å². The number of amides is 1. The fourth-order valence-electron chi connectivity index (χ4n) is 2.03. The Hall–Kier alpha value is -0.650. The number of piperazine rings is 1. The van der Waals surface area contributed by atoms with Gasteiger partial charge in [0.15, 0.2) is 0 Å². The molecule has 0 bridgehead atoms. The van der Waals surface area contributed by atoms with E-state index in [1.165, 1.54) is 0 Å². The van der Waals surface area contributed by atoms with Crippen molar-refractivity contribution in [2.75, 3.05) is 32.8 Å². The zero-order valence-electron chi connectivity index (χ0n) is 9.39. The molecule has 1 rings (SSSR count). The van der Waals surface area contributed by atoms with E-state index in [9.17, 15) is 9.90 Å². The monoisotopic (exact) mass is 216 g/mol. The topological polar surface area (TPSA) is 64.0 Å². The standard InChI is InChI=1S/C10H20N2O3/c1-8-5-11(6-9(2)14)3-4-12(8)10(15)7-13/h8-9,13-14H,3-7H2,1-2H3. The number of hydrogen-bond donors (Lipinski definition) is 2. The minimum Gasteiger partial charge on any atom is -0.392 e. The fourth-order valence-corrected chi connectivity index (χ4v) is 2.03.